The van der Waals surface area contributed by atoms with Crippen molar-refractivity contribution in [2.24, 2.45) is 0 Å². The molecule has 1 atom stereocenters. The van der Waals surface area contributed by atoms with E-state index in [1.54, 1.807) is 12.4 Å². The van der Waals surface area contributed by atoms with E-state index in [0.717, 1.165) is 17.6 Å². The van der Waals surface area contributed by atoms with Gasteiger partial charge in [0.1, 0.15) is 5.52 Å². The maximum Gasteiger partial charge on any atom is 0.178 e. The molecule has 0 bridgehead atoms. The summed E-state index contributed by atoms with van der Waals surface area (Å²) in [5, 5.41) is 0.0941. The second kappa shape index (κ2) is 3.88. The number of hydrogen-bond acceptors (Lipinski definition) is 3. The Morgan fingerprint density at radius 1 is 1.29 bits per heavy atom. The van der Waals surface area contributed by atoms with Crippen LogP contribution >= 0.6 is 11.6 Å². The third kappa shape index (κ3) is 1.99. The minimum Gasteiger partial charge on any atom is -0.251 e. The fourth-order valence-electron chi connectivity index (χ4n) is 1.30. The molecule has 0 aromatic carbocycles. The highest BCUT2D eigenvalue weighted by Crippen LogP contribution is 2.09. The standard InChI is InChI=1S/C10H10ClN3/c1-7(11)6-8-2-3-9-10(14-8)13-5-4-12-9/h2-5,7H,6H2,1H3. The molecule has 0 aliphatic carbocycles. The van der Waals surface area contributed by atoms with Gasteiger partial charge in [-0.15, -0.1) is 11.6 Å². The highest BCUT2D eigenvalue weighted by atomic mass is 35.5. The smallest absolute Gasteiger partial charge is 0.178 e. The molecule has 1 unspecified atom stereocenters. The number of hydrogen-bond donors (Lipinski definition) is 0. The predicted octanol–water partition coefficient (Wildman–Crippen LogP) is 2.19. The van der Waals surface area contributed by atoms with Crippen molar-refractivity contribution in [1.29, 1.82) is 0 Å². The molecule has 4 heteroatoms. The summed E-state index contributed by atoms with van der Waals surface area (Å²) in [7, 11) is 0. The minimum absolute atomic E-state index is 0.0941. The van der Waals surface area contributed by atoms with Gasteiger partial charge in [-0.2, -0.15) is 0 Å². The maximum absolute atomic E-state index is 5.89. The third-order valence-corrected chi connectivity index (χ3v) is 2.03. The van der Waals surface area contributed by atoms with Gasteiger partial charge in [-0.3, -0.25) is 4.98 Å². The molecule has 0 saturated carbocycles. The fourth-order valence-corrected chi connectivity index (χ4v) is 1.45. The minimum atomic E-state index is 0.0941. The lowest BCUT2D eigenvalue weighted by Gasteiger charge is -2.02. The zero-order valence-corrected chi connectivity index (χ0v) is 8.57. The molecule has 0 saturated heterocycles. The van der Waals surface area contributed by atoms with Crippen molar-refractivity contribution >= 4 is 22.8 Å². The van der Waals surface area contributed by atoms with Gasteiger partial charge in [-0.05, 0) is 19.1 Å². The molecule has 2 rings (SSSR count). The van der Waals surface area contributed by atoms with Crippen molar-refractivity contribution in [1.82, 2.24) is 15.0 Å². The topological polar surface area (TPSA) is 38.7 Å². The molecule has 72 valence electrons. The van der Waals surface area contributed by atoms with Crippen molar-refractivity contribution in [3.63, 3.8) is 0 Å². The van der Waals surface area contributed by atoms with Crippen LogP contribution in [0.5, 0.6) is 0 Å². The van der Waals surface area contributed by atoms with Crippen LogP contribution in [0.4, 0.5) is 0 Å². The average Bonchev–Trinajstić information content (AvgIpc) is 2.17. The van der Waals surface area contributed by atoms with Crippen molar-refractivity contribution < 1.29 is 0 Å². The van der Waals surface area contributed by atoms with Gasteiger partial charge in [-0.1, -0.05) is 0 Å². The first kappa shape index (κ1) is 9.34. The number of rotatable bonds is 2. The van der Waals surface area contributed by atoms with Gasteiger partial charge in [0.2, 0.25) is 0 Å². The average molecular weight is 208 g/mol. The molecule has 3 nitrogen and oxygen atoms in total. The summed E-state index contributed by atoms with van der Waals surface area (Å²) in [5.41, 5.74) is 2.46. The first-order chi connectivity index (χ1) is 6.75. The predicted molar refractivity (Wildman–Crippen MR) is 56.4 cm³/mol. The number of alkyl halides is 1. The Kier molecular flexibility index (Phi) is 2.59. The molecule has 14 heavy (non-hydrogen) atoms. The summed E-state index contributed by atoms with van der Waals surface area (Å²) in [4.78, 5) is 12.6. The number of fused-ring (bicyclic) bond motifs is 1. The van der Waals surface area contributed by atoms with Crippen LogP contribution in [0.3, 0.4) is 0 Å². The SMILES string of the molecule is CC(Cl)Cc1ccc2nccnc2n1. The van der Waals surface area contributed by atoms with Crippen molar-refractivity contribution in [3.05, 3.63) is 30.2 Å². The van der Waals surface area contributed by atoms with E-state index < -0.39 is 0 Å². The maximum atomic E-state index is 5.89. The van der Waals surface area contributed by atoms with Crippen molar-refractivity contribution in [2.75, 3.05) is 0 Å². The van der Waals surface area contributed by atoms with Gasteiger partial charge in [0.25, 0.3) is 0 Å². The Labute approximate surface area is 87.2 Å². The molecule has 2 aromatic heterocycles. The summed E-state index contributed by atoms with van der Waals surface area (Å²) < 4.78 is 0. The Balaban J connectivity index is 2.41. The number of pyridine rings is 1. The van der Waals surface area contributed by atoms with Crippen LogP contribution < -0.4 is 0 Å². The number of halogens is 1. The molecule has 0 aliphatic heterocycles. The molecule has 0 amide bonds. The van der Waals surface area contributed by atoms with E-state index in [0.29, 0.717) is 5.65 Å². The highest BCUT2D eigenvalue weighted by molar-refractivity contribution is 6.20. The molecule has 0 N–H and O–H groups in total. The lowest BCUT2D eigenvalue weighted by molar-refractivity contribution is 0.895. The van der Waals surface area contributed by atoms with Gasteiger partial charge in [0.15, 0.2) is 5.65 Å². The van der Waals surface area contributed by atoms with Gasteiger partial charge in [0.05, 0.1) is 0 Å². The van der Waals surface area contributed by atoms with E-state index in [2.05, 4.69) is 15.0 Å². The summed E-state index contributed by atoms with van der Waals surface area (Å²) >= 11 is 5.89. The van der Waals surface area contributed by atoms with Crippen molar-refractivity contribution in [2.45, 2.75) is 18.7 Å². The van der Waals surface area contributed by atoms with Gasteiger partial charge in [0, 0.05) is 29.9 Å². The zero-order valence-electron chi connectivity index (χ0n) is 7.81. The first-order valence-electron chi connectivity index (χ1n) is 4.46. The van der Waals surface area contributed by atoms with E-state index >= 15 is 0 Å². The lowest BCUT2D eigenvalue weighted by atomic mass is 10.2. The van der Waals surface area contributed by atoms with E-state index in [1.807, 2.05) is 19.1 Å². The quantitative estimate of drug-likeness (QED) is 0.709. The molecule has 0 radical (unpaired) electrons. The van der Waals surface area contributed by atoms with Crippen LogP contribution in [0, 0.1) is 0 Å². The Morgan fingerprint density at radius 3 is 2.86 bits per heavy atom. The van der Waals surface area contributed by atoms with Gasteiger partial charge in [-0.25, -0.2) is 9.97 Å². The van der Waals surface area contributed by atoms with Crippen LogP contribution in [-0.4, -0.2) is 20.3 Å². The van der Waals surface area contributed by atoms with E-state index in [9.17, 15) is 0 Å². The zero-order chi connectivity index (χ0) is 9.97. The van der Waals surface area contributed by atoms with E-state index in [4.69, 9.17) is 11.6 Å². The van der Waals surface area contributed by atoms with E-state index in [-0.39, 0.29) is 5.38 Å². The van der Waals surface area contributed by atoms with E-state index in [1.165, 1.54) is 0 Å². The van der Waals surface area contributed by atoms with Crippen LogP contribution in [-0.2, 0) is 6.42 Å². The second-order valence-electron chi connectivity index (χ2n) is 3.19. The Bertz CT molecular complexity index is 442. The summed E-state index contributed by atoms with van der Waals surface area (Å²) in [6, 6.07) is 3.86. The third-order valence-electron chi connectivity index (χ3n) is 1.88. The second-order valence-corrected chi connectivity index (χ2v) is 3.93. The lowest BCUT2D eigenvalue weighted by Crippen LogP contribution is -2.00. The monoisotopic (exact) mass is 207 g/mol. The van der Waals surface area contributed by atoms with Crippen LogP contribution in [0.1, 0.15) is 12.6 Å². The number of nitrogens with zero attached hydrogens (tertiary/aromatic N) is 3. The van der Waals surface area contributed by atoms with Gasteiger partial charge >= 0.3 is 0 Å². The van der Waals surface area contributed by atoms with Crippen molar-refractivity contribution in [3.8, 4) is 0 Å². The van der Waals surface area contributed by atoms with Gasteiger partial charge < -0.3 is 0 Å². The largest absolute Gasteiger partial charge is 0.251 e. The van der Waals surface area contributed by atoms with Crippen LogP contribution in [0.25, 0.3) is 11.2 Å². The molecular formula is C10H10ClN3. The molecular weight excluding hydrogens is 198 g/mol. The summed E-state index contributed by atoms with van der Waals surface area (Å²) in [6.07, 6.45) is 4.06. The molecule has 0 fully saturated rings. The summed E-state index contributed by atoms with van der Waals surface area (Å²) in [6.45, 7) is 1.95. The normalized spacial score (nSPS) is 13.0. The fraction of sp³-hybridized carbons (Fsp3) is 0.300. The Morgan fingerprint density at radius 2 is 2.07 bits per heavy atom. The Hall–Kier alpha value is -1.22. The summed E-state index contributed by atoms with van der Waals surface area (Å²) in [5.74, 6) is 0. The molecule has 2 heterocycles. The molecule has 2 aromatic rings. The molecule has 0 spiro atoms. The first-order valence-corrected chi connectivity index (χ1v) is 4.90. The number of aromatic nitrogens is 3. The molecule has 0 aliphatic rings. The van der Waals surface area contributed by atoms with Crippen LogP contribution in [0.15, 0.2) is 24.5 Å². The van der Waals surface area contributed by atoms with Crippen LogP contribution in [0.2, 0.25) is 0 Å². The highest BCUT2D eigenvalue weighted by Gasteiger charge is 2.02.